The van der Waals surface area contributed by atoms with Crippen LogP contribution < -0.4 is 16.0 Å². The number of carbonyl (C=O) groups is 2. The van der Waals surface area contributed by atoms with Gasteiger partial charge in [0, 0.05) is 23.3 Å². The maximum absolute atomic E-state index is 13.2. The number of benzene rings is 3. The summed E-state index contributed by atoms with van der Waals surface area (Å²) in [5.41, 5.74) is 3.54. The summed E-state index contributed by atoms with van der Waals surface area (Å²) in [6.45, 7) is 0. The number of amides is 3. The molecule has 1 fully saturated rings. The molecule has 0 spiro atoms. The van der Waals surface area contributed by atoms with Gasteiger partial charge < -0.3 is 16.0 Å². The van der Waals surface area contributed by atoms with E-state index in [2.05, 4.69) is 16.0 Å². The number of halogens is 3. The first kappa shape index (κ1) is 25.8. The van der Waals surface area contributed by atoms with Crippen LogP contribution in [0.5, 0.6) is 0 Å². The molecule has 3 amide bonds. The van der Waals surface area contributed by atoms with Crippen LogP contribution in [0.15, 0.2) is 66.7 Å². The van der Waals surface area contributed by atoms with Crippen molar-refractivity contribution >= 4 is 17.6 Å². The van der Waals surface area contributed by atoms with E-state index in [1.54, 1.807) is 24.3 Å². The molecule has 0 saturated heterocycles. The first-order chi connectivity index (χ1) is 18.3. The molecule has 38 heavy (non-hydrogen) atoms. The van der Waals surface area contributed by atoms with E-state index in [-0.39, 0.29) is 24.0 Å². The summed E-state index contributed by atoms with van der Waals surface area (Å²) in [7, 11) is 0. The van der Waals surface area contributed by atoms with Gasteiger partial charge >= 0.3 is 12.2 Å². The van der Waals surface area contributed by atoms with Crippen molar-refractivity contribution in [1.82, 2.24) is 10.6 Å². The molecule has 3 aromatic rings. The third-order valence-corrected chi connectivity index (χ3v) is 7.37. The van der Waals surface area contributed by atoms with Crippen molar-refractivity contribution in [2.45, 2.75) is 63.2 Å². The number of alkyl halides is 3. The summed E-state index contributed by atoms with van der Waals surface area (Å²) >= 11 is 0. The lowest BCUT2D eigenvalue weighted by molar-refractivity contribution is -0.137. The molecule has 0 heterocycles. The van der Waals surface area contributed by atoms with Crippen LogP contribution in [0.25, 0.3) is 11.1 Å². The Hall–Kier alpha value is -3.81. The van der Waals surface area contributed by atoms with Crippen molar-refractivity contribution in [2.24, 2.45) is 0 Å². The highest BCUT2D eigenvalue weighted by Gasteiger charge is 2.30. The van der Waals surface area contributed by atoms with Crippen LogP contribution in [-0.2, 0) is 19.0 Å². The number of hydrogen-bond donors (Lipinski definition) is 3. The second-order valence-electron chi connectivity index (χ2n) is 10.1. The lowest BCUT2D eigenvalue weighted by Gasteiger charge is -2.24. The van der Waals surface area contributed by atoms with Crippen LogP contribution in [0.2, 0.25) is 0 Å². The second kappa shape index (κ2) is 10.9. The Labute approximate surface area is 219 Å². The largest absolute Gasteiger partial charge is 0.416 e. The van der Waals surface area contributed by atoms with Crippen LogP contribution in [0.1, 0.15) is 59.2 Å². The summed E-state index contributed by atoms with van der Waals surface area (Å²) in [6.07, 6.45) is 2.60. The smallest absolute Gasteiger partial charge is 0.335 e. The van der Waals surface area contributed by atoms with E-state index in [1.807, 2.05) is 18.2 Å². The van der Waals surface area contributed by atoms with Gasteiger partial charge in [0.05, 0.1) is 5.56 Å². The molecule has 0 bridgehead atoms. The number of hydrogen-bond acceptors (Lipinski definition) is 2. The van der Waals surface area contributed by atoms with Crippen molar-refractivity contribution in [2.75, 3.05) is 5.32 Å². The average molecular weight is 522 g/mol. The Morgan fingerprint density at radius 2 is 1.45 bits per heavy atom. The molecule has 2 aliphatic carbocycles. The maximum atomic E-state index is 13.2. The predicted molar refractivity (Wildman–Crippen MR) is 141 cm³/mol. The lowest BCUT2D eigenvalue weighted by Crippen LogP contribution is -2.47. The number of anilines is 1. The number of nitrogens with one attached hydrogen (secondary N) is 3. The van der Waals surface area contributed by atoms with Gasteiger partial charge in [-0.05, 0) is 78.3 Å². The van der Waals surface area contributed by atoms with Crippen LogP contribution in [-0.4, -0.2) is 24.0 Å². The summed E-state index contributed by atoms with van der Waals surface area (Å²) in [6, 6.07) is 17.5. The van der Waals surface area contributed by atoms with E-state index in [0.29, 0.717) is 28.8 Å². The SMILES string of the molecule is O=C(NC1CCCCC1)NC1Cc2ccc(NC(=O)c3ccccc3-c3ccc(C(F)(F)F)cc3)cc2C1. The number of fused-ring (bicyclic) bond motifs is 1. The quantitative estimate of drug-likeness (QED) is 0.349. The summed E-state index contributed by atoms with van der Waals surface area (Å²) in [5.74, 6) is -0.347. The van der Waals surface area contributed by atoms with E-state index in [4.69, 9.17) is 0 Å². The molecular weight excluding hydrogens is 491 g/mol. The van der Waals surface area contributed by atoms with Gasteiger partial charge in [0.25, 0.3) is 5.91 Å². The van der Waals surface area contributed by atoms with Gasteiger partial charge in [-0.15, -0.1) is 0 Å². The minimum atomic E-state index is -4.42. The van der Waals surface area contributed by atoms with E-state index in [1.165, 1.54) is 18.6 Å². The topological polar surface area (TPSA) is 70.2 Å². The molecule has 0 aromatic heterocycles. The molecule has 2 aliphatic rings. The highest BCUT2D eigenvalue weighted by molar-refractivity contribution is 6.08. The van der Waals surface area contributed by atoms with Gasteiger partial charge in [-0.2, -0.15) is 13.2 Å². The molecule has 3 aromatic carbocycles. The molecule has 8 heteroatoms. The van der Waals surface area contributed by atoms with Crippen LogP contribution in [0.4, 0.5) is 23.7 Å². The molecule has 1 unspecified atom stereocenters. The molecular formula is C30H30F3N3O2. The van der Waals surface area contributed by atoms with Gasteiger partial charge in [-0.25, -0.2) is 4.79 Å². The van der Waals surface area contributed by atoms with Crippen molar-refractivity contribution in [1.29, 1.82) is 0 Å². The highest BCUT2D eigenvalue weighted by Crippen LogP contribution is 2.32. The molecule has 3 N–H and O–H groups in total. The highest BCUT2D eigenvalue weighted by atomic mass is 19.4. The Kier molecular flexibility index (Phi) is 7.40. The fraction of sp³-hybridized carbons (Fsp3) is 0.333. The van der Waals surface area contributed by atoms with Crippen molar-refractivity contribution in [3.05, 3.63) is 89.0 Å². The van der Waals surface area contributed by atoms with Crippen LogP contribution >= 0.6 is 0 Å². The van der Waals surface area contributed by atoms with Gasteiger partial charge in [0.1, 0.15) is 0 Å². The molecule has 1 saturated carbocycles. The first-order valence-corrected chi connectivity index (χ1v) is 13.0. The van der Waals surface area contributed by atoms with Crippen molar-refractivity contribution in [3.8, 4) is 11.1 Å². The minimum Gasteiger partial charge on any atom is -0.335 e. The van der Waals surface area contributed by atoms with Crippen LogP contribution in [0, 0.1) is 0 Å². The zero-order valence-corrected chi connectivity index (χ0v) is 20.9. The van der Waals surface area contributed by atoms with E-state index in [0.717, 1.165) is 55.4 Å². The fourth-order valence-electron chi connectivity index (χ4n) is 5.43. The van der Waals surface area contributed by atoms with Gasteiger partial charge in [-0.3, -0.25) is 4.79 Å². The monoisotopic (exact) mass is 521 g/mol. The maximum Gasteiger partial charge on any atom is 0.416 e. The molecule has 1 atom stereocenters. The Morgan fingerprint density at radius 1 is 0.763 bits per heavy atom. The summed E-state index contributed by atoms with van der Waals surface area (Å²) in [5, 5.41) is 9.11. The zero-order chi connectivity index (χ0) is 26.7. The second-order valence-corrected chi connectivity index (χ2v) is 10.1. The molecule has 5 nitrogen and oxygen atoms in total. The molecule has 198 valence electrons. The number of carbonyl (C=O) groups excluding carboxylic acids is 2. The number of urea groups is 1. The fourth-order valence-corrected chi connectivity index (χ4v) is 5.43. The Balaban J connectivity index is 1.23. The van der Waals surface area contributed by atoms with E-state index in [9.17, 15) is 22.8 Å². The predicted octanol–water partition coefficient (Wildman–Crippen LogP) is 6.72. The van der Waals surface area contributed by atoms with Crippen LogP contribution in [0.3, 0.4) is 0 Å². The molecule has 0 radical (unpaired) electrons. The van der Waals surface area contributed by atoms with Crippen molar-refractivity contribution < 1.29 is 22.8 Å². The first-order valence-electron chi connectivity index (χ1n) is 13.0. The third-order valence-electron chi connectivity index (χ3n) is 7.37. The zero-order valence-electron chi connectivity index (χ0n) is 20.9. The third kappa shape index (κ3) is 6.01. The normalized spacial score (nSPS) is 17.5. The van der Waals surface area contributed by atoms with Crippen molar-refractivity contribution in [3.63, 3.8) is 0 Å². The molecule has 5 rings (SSSR count). The summed E-state index contributed by atoms with van der Waals surface area (Å²) < 4.78 is 38.9. The number of rotatable bonds is 5. The van der Waals surface area contributed by atoms with Gasteiger partial charge in [0.2, 0.25) is 0 Å². The Bertz CT molecular complexity index is 1320. The Morgan fingerprint density at radius 3 is 2.18 bits per heavy atom. The minimum absolute atomic E-state index is 0.0000574. The average Bonchev–Trinajstić information content (AvgIpc) is 3.30. The van der Waals surface area contributed by atoms with Gasteiger partial charge in [0.15, 0.2) is 0 Å². The standard InChI is InChI=1S/C30H30F3N3O2/c31-30(32,33)22-13-10-19(11-14-22)26-8-4-5-9-27(26)28(37)34-24-15-12-20-16-25(18-21(20)17-24)36-29(38)35-23-6-2-1-3-7-23/h4-5,8-15,17,23,25H,1-3,6-7,16,18H2,(H,34,37)(H2,35,36,38). The lowest BCUT2D eigenvalue weighted by atomic mass is 9.96. The van der Waals surface area contributed by atoms with E-state index < -0.39 is 11.7 Å². The molecule has 0 aliphatic heterocycles. The summed E-state index contributed by atoms with van der Waals surface area (Å²) in [4.78, 5) is 25.6. The van der Waals surface area contributed by atoms with E-state index >= 15 is 0 Å². The van der Waals surface area contributed by atoms with Gasteiger partial charge in [-0.1, -0.05) is 55.7 Å².